The van der Waals surface area contributed by atoms with Gasteiger partial charge >= 0.3 is 5.97 Å². The molecule has 0 atom stereocenters. The van der Waals surface area contributed by atoms with E-state index in [2.05, 4.69) is 4.99 Å². The highest BCUT2D eigenvalue weighted by atomic mass is 32.2. The van der Waals surface area contributed by atoms with E-state index in [-0.39, 0.29) is 11.9 Å². The van der Waals surface area contributed by atoms with Gasteiger partial charge in [0.15, 0.2) is 5.17 Å². The first-order valence-electron chi connectivity index (χ1n) is 9.11. The summed E-state index contributed by atoms with van der Waals surface area (Å²) in [6.45, 7) is 4.06. The Morgan fingerprint density at radius 1 is 1.21 bits per heavy atom. The first-order chi connectivity index (χ1) is 13.9. The number of esters is 1. The smallest absolute Gasteiger partial charge is 0.338 e. The first kappa shape index (κ1) is 20.7. The quantitative estimate of drug-likeness (QED) is 0.539. The Hall–Kier alpha value is -3.06. The molecule has 1 saturated heterocycles. The molecule has 0 radical (unpaired) electrons. The fraction of sp³-hybridized carbons (Fsp3) is 0.227. The summed E-state index contributed by atoms with van der Waals surface area (Å²) in [5.41, 5.74) is 3.05. The third-order valence-electron chi connectivity index (χ3n) is 4.32. The molecule has 0 bridgehead atoms. The van der Waals surface area contributed by atoms with E-state index in [1.54, 1.807) is 45.3 Å². The molecule has 29 heavy (non-hydrogen) atoms. The number of rotatable bonds is 5. The van der Waals surface area contributed by atoms with Gasteiger partial charge in [-0.15, -0.1) is 0 Å². The van der Waals surface area contributed by atoms with Crippen LogP contribution in [0.1, 0.15) is 28.4 Å². The molecule has 1 aliphatic heterocycles. The van der Waals surface area contributed by atoms with Crippen LogP contribution in [0.5, 0.6) is 5.75 Å². The summed E-state index contributed by atoms with van der Waals surface area (Å²) in [5, 5.41) is 0.579. The van der Waals surface area contributed by atoms with Crippen molar-refractivity contribution in [2.75, 3.05) is 20.8 Å². The van der Waals surface area contributed by atoms with Gasteiger partial charge in [-0.1, -0.05) is 6.07 Å². The van der Waals surface area contributed by atoms with Gasteiger partial charge in [0, 0.05) is 7.05 Å². The number of methoxy groups -OCH3 is 1. The number of amidine groups is 1. The van der Waals surface area contributed by atoms with Crippen molar-refractivity contribution in [3.8, 4) is 5.75 Å². The van der Waals surface area contributed by atoms with Crippen LogP contribution in [0, 0.1) is 6.92 Å². The van der Waals surface area contributed by atoms with Crippen LogP contribution in [-0.2, 0) is 9.53 Å². The Balaban J connectivity index is 1.81. The third kappa shape index (κ3) is 4.68. The molecule has 0 aromatic heterocycles. The van der Waals surface area contributed by atoms with Crippen molar-refractivity contribution >= 4 is 40.6 Å². The Labute approximate surface area is 174 Å². The fourth-order valence-corrected chi connectivity index (χ4v) is 3.78. The van der Waals surface area contributed by atoms with E-state index >= 15 is 0 Å². The Kier molecular flexibility index (Phi) is 6.39. The normalized spacial score (nSPS) is 16.6. The van der Waals surface area contributed by atoms with Crippen molar-refractivity contribution in [2.45, 2.75) is 13.8 Å². The number of amides is 1. The molecule has 2 aromatic carbocycles. The standard InChI is InChI=1S/C22H22N2O4S/c1-5-28-21(26)16-7-9-17(10-8-16)23-22-24(3)20(25)19(29-22)13-15-6-11-18(27-4)14(2)12-15/h6-13H,5H2,1-4H3/b19-13-,23-22?. The number of nitrogens with zero attached hydrogens (tertiary/aromatic N) is 2. The predicted molar refractivity (Wildman–Crippen MR) is 116 cm³/mol. The largest absolute Gasteiger partial charge is 0.496 e. The van der Waals surface area contributed by atoms with Crippen LogP contribution < -0.4 is 4.74 Å². The molecule has 7 heteroatoms. The van der Waals surface area contributed by atoms with Gasteiger partial charge in [0.05, 0.1) is 29.9 Å². The van der Waals surface area contributed by atoms with Crippen LogP contribution in [-0.4, -0.2) is 42.7 Å². The van der Waals surface area contributed by atoms with Crippen LogP contribution >= 0.6 is 11.8 Å². The molecule has 150 valence electrons. The molecular weight excluding hydrogens is 388 g/mol. The van der Waals surface area contributed by atoms with Crippen molar-refractivity contribution in [3.05, 3.63) is 64.1 Å². The van der Waals surface area contributed by atoms with Crippen LogP contribution in [0.2, 0.25) is 0 Å². The van der Waals surface area contributed by atoms with Crippen LogP contribution in [0.4, 0.5) is 5.69 Å². The van der Waals surface area contributed by atoms with Crippen LogP contribution in [0.15, 0.2) is 52.4 Å². The zero-order valence-corrected chi connectivity index (χ0v) is 17.6. The number of hydrogen-bond donors (Lipinski definition) is 0. The Morgan fingerprint density at radius 3 is 2.55 bits per heavy atom. The Morgan fingerprint density at radius 2 is 1.93 bits per heavy atom. The predicted octanol–water partition coefficient (Wildman–Crippen LogP) is 4.41. The highest BCUT2D eigenvalue weighted by Gasteiger charge is 2.30. The number of thioether (sulfide) groups is 1. The molecule has 1 amide bonds. The number of ether oxygens (including phenoxy) is 2. The van der Waals surface area contributed by atoms with Gasteiger partial charge in [-0.2, -0.15) is 0 Å². The second kappa shape index (κ2) is 8.96. The number of carbonyl (C=O) groups is 2. The van der Waals surface area contributed by atoms with Crippen LogP contribution in [0.3, 0.4) is 0 Å². The zero-order valence-electron chi connectivity index (χ0n) is 16.8. The second-order valence-corrected chi connectivity index (χ2v) is 7.37. The lowest BCUT2D eigenvalue weighted by molar-refractivity contribution is -0.121. The van der Waals surface area contributed by atoms with Gasteiger partial charge in [0.25, 0.3) is 5.91 Å². The molecule has 1 heterocycles. The van der Waals surface area contributed by atoms with E-state index in [0.29, 0.717) is 27.9 Å². The van der Waals surface area contributed by atoms with Gasteiger partial charge in [-0.25, -0.2) is 9.79 Å². The summed E-state index contributed by atoms with van der Waals surface area (Å²) in [6.07, 6.45) is 1.85. The number of benzene rings is 2. The molecule has 0 spiro atoms. The van der Waals surface area contributed by atoms with Gasteiger partial charge < -0.3 is 9.47 Å². The highest BCUT2D eigenvalue weighted by Crippen LogP contribution is 2.33. The van der Waals surface area contributed by atoms with E-state index in [4.69, 9.17) is 9.47 Å². The summed E-state index contributed by atoms with van der Waals surface area (Å²) >= 11 is 1.32. The van der Waals surface area contributed by atoms with Crippen molar-refractivity contribution in [1.82, 2.24) is 4.90 Å². The number of aryl methyl sites for hydroxylation is 1. The minimum atomic E-state index is -0.366. The molecule has 0 unspecified atom stereocenters. The maximum atomic E-state index is 12.6. The molecule has 3 rings (SSSR count). The monoisotopic (exact) mass is 410 g/mol. The minimum absolute atomic E-state index is 0.106. The molecule has 0 saturated carbocycles. The molecule has 1 fully saturated rings. The van der Waals surface area contributed by atoms with Crippen LogP contribution in [0.25, 0.3) is 6.08 Å². The summed E-state index contributed by atoms with van der Waals surface area (Å²) < 4.78 is 10.3. The average Bonchev–Trinajstić information content (AvgIpc) is 2.97. The van der Waals surface area contributed by atoms with E-state index < -0.39 is 0 Å². The molecule has 0 aliphatic carbocycles. The lowest BCUT2D eigenvalue weighted by Crippen LogP contribution is -2.23. The Bertz CT molecular complexity index is 996. The molecule has 6 nitrogen and oxygen atoms in total. The highest BCUT2D eigenvalue weighted by molar-refractivity contribution is 8.18. The van der Waals surface area contributed by atoms with E-state index in [1.165, 1.54) is 16.7 Å². The van der Waals surface area contributed by atoms with E-state index in [1.807, 2.05) is 31.2 Å². The maximum absolute atomic E-state index is 12.6. The summed E-state index contributed by atoms with van der Waals surface area (Å²) in [4.78, 5) is 31.0. The van der Waals surface area contributed by atoms with Crippen molar-refractivity contribution in [3.63, 3.8) is 0 Å². The van der Waals surface area contributed by atoms with Crippen molar-refractivity contribution < 1.29 is 19.1 Å². The van der Waals surface area contributed by atoms with E-state index in [9.17, 15) is 9.59 Å². The second-order valence-electron chi connectivity index (χ2n) is 6.37. The lowest BCUT2D eigenvalue weighted by Gasteiger charge is -2.07. The van der Waals surface area contributed by atoms with Gasteiger partial charge in [0.2, 0.25) is 0 Å². The SMILES string of the molecule is CCOC(=O)c1ccc(N=C2S/C(=C\c3ccc(OC)c(C)c3)C(=O)N2C)cc1. The number of likely N-dealkylation sites (N-methyl/N-ethyl adjacent to an activating group) is 1. The third-order valence-corrected chi connectivity index (χ3v) is 5.38. The maximum Gasteiger partial charge on any atom is 0.338 e. The van der Waals surface area contributed by atoms with Gasteiger partial charge in [-0.3, -0.25) is 9.69 Å². The molecule has 2 aromatic rings. The molecule has 0 N–H and O–H groups in total. The molecule has 1 aliphatic rings. The minimum Gasteiger partial charge on any atom is -0.496 e. The zero-order chi connectivity index (χ0) is 21.0. The lowest BCUT2D eigenvalue weighted by atomic mass is 10.1. The number of carbonyl (C=O) groups excluding carboxylic acids is 2. The van der Waals surface area contributed by atoms with Gasteiger partial charge in [0.1, 0.15) is 5.75 Å². The number of aliphatic imine (C=N–C) groups is 1. The van der Waals surface area contributed by atoms with E-state index in [0.717, 1.165) is 16.9 Å². The number of hydrogen-bond acceptors (Lipinski definition) is 6. The molecular formula is C22H22N2O4S. The average molecular weight is 410 g/mol. The summed E-state index contributed by atoms with van der Waals surface area (Å²) in [6, 6.07) is 12.6. The topological polar surface area (TPSA) is 68.2 Å². The van der Waals surface area contributed by atoms with Crippen molar-refractivity contribution in [2.24, 2.45) is 4.99 Å². The van der Waals surface area contributed by atoms with Crippen molar-refractivity contribution in [1.29, 1.82) is 0 Å². The summed E-state index contributed by atoms with van der Waals surface area (Å²) in [5.74, 6) is 0.336. The summed E-state index contributed by atoms with van der Waals surface area (Å²) in [7, 11) is 3.33. The fourth-order valence-electron chi connectivity index (χ4n) is 2.79. The van der Waals surface area contributed by atoms with Gasteiger partial charge in [-0.05, 0) is 79.2 Å². The first-order valence-corrected chi connectivity index (χ1v) is 9.92.